The second-order valence-corrected chi connectivity index (χ2v) is 21.0. The Hall–Kier alpha value is -8.56. The van der Waals surface area contributed by atoms with Gasteiger partial charge in [-0.1, -0.05) is 238 Å². The van der Waals surface area contributed by atoms with Crippen molar-refractivity contribution >= 4 is 48.6 Å². The molecule has 1 aromatic heterocycles. The van der Waals surface area contributed by atoms with Gasteiger partial charge in [0.15, 0.2) is 0 Å². The van der Waals surface area contributed by atoms with Crippen LogP contribution in [0.2, 0.25) is 0 Å². The highest BCUT2D eigenvalue weighted by atomic mass is 32.1. The van der Waals surface area contributed by atoms with Crippen molar-refractivity contribution in [3.05, 3.63) is 294 Å². The molecule has 0 N–H and O–H groups in total. The van der Waals surface area contributed by atoms with Crippen molar-refractivity contribution in [3.8, 4) is 55.6 Å². The minimum Gasteiger partial charge on any atom is -0.310 e. The standard InChI is InChI=1S/C70H49NS/c1-69(2)63-31-12-9-24-57(63)60-43-42-54(45-66(60)69)71(52-40-36-47(37-41-52)46-18-5-3-6-19-46)53-23-15-20-49(44-53)56-28-17-30-62-61-29-16-27-55(67(61)72-68(56)62)48-34-38-51(39-35-48)70(50-21-7-4-8-22-50)64-32-13-10-25-58(64)59-26-11-14-33-65(59)70/h3-45H,1-2H3. The van der Waals surface area contributed by atoms with E-state index in [-0.39, 0.29) is 5.41 Å². The summed E-state index contributed by atoms with van der Waals surface area (Å²) in [6, 6.07) is 97.0. The van der Waals surface area contributed by atoms with Crippen LogP contribution in [0.1, 0.15) is 47.2 Å². The molecule has 0 amide bonds. The lowest BCUT2D eigenvalue weighted by atomic mass is 9.67. The van der Waals surface area contributed by atoms with Crippen LogP contribution in [0.25, 0.3) is 75.8 Å². The van der Waals surface area contributed by atoms with E-state index in [9.17, 15) is 0 Å². The smallest absolute Gasteiger partial charge is 0.0713 e. The predicted molar refractivity (Wildman–Crippen MR) is 305 cm³/mol. The van der Waals surface area contributed by atoms with Crippen LogP contribution in [-0.2, 0) is 10.8 Å². The van der Waals surface area contributed by atoms with Gasteiger partial charge < -0.3 is 4.90 Å². The molecule has 2 aliphatic rings. The highest BCUT2D eigenvalue weighted by molar-refractivity contribution is 7.26. The molecule has 12 aromatic rings. The Balaban J connectivity index is 0.875. The topological polar surface area (TPSA) is 3.24 Å². The van der Waals surface area contributed by atoms with Crippen LogP contribution in [0, 0.1) is 0 Å². The third-order valence-corrected chi connectivity index (χ3v) is 17.1. The van der Waals surface area contributed by atoms with Gasteiger partial charge in [0.05, 0.1) is 5.41 Å². The first-order valence-electron chi connectivity index (χ1n) is 25.1. The molecule has 0 fully saturated rings. The summed E-state index contributed by atoms with van der Waals surface area (Å²) >= 11 is 1.91. The molecule has 0 saturated carbocycles. The van der Waals surface area contributed by atoms with Crippen molar-refractivity contribution in [1.29, 1.82) is 0 Å². The molecule has 0 unspecified atom stereocenters. The van der Waals surface area contributed by atoms with Crippen molar-refractivity contribution in [2.24, 2.45) is 0 Å². The van der Waals surface area contributed by atoms with Gasteiger partial charge in [0.1, 0.15) is 0 Å². The van der Waals surface area contributed by atoms with E-state index < -0.39 is 5.41 Å². The number of hydrogen-bond donors (Lipinski definition) is 0. The van der Waals surface area contributed by atoms with Gasteiger partial charge in [-0.05, 0) is 125 Å². The number of fused-ring (bicyclic) bond motifs is 9. The van der Waals surface area contributed by atoms with Gasteiger partial charge in [-0.3, -0.25) is 0 Å². The third kappa shape index (κ3) is 6.39. The number of anilines is 3. The molecule has 0 radical (unpaired) electrons. The van der Waals surface area contributed by atoms with E-state index in [1.54, 1.807) is 0 Å². The van der Waals surface area contributed by atoms with E-state index in [4.69, 9.17) is 0 Å². The molecule has 1 nitrogen and oxygen atoms in total. The average molecular weight is 936 g/mol. The molecule has 11 aromatic carbocycles. The lowest BCUT2D eigenvalue weighted by Crippen LogP contribution is -2.28. The maximum Gasteiger partial charge on any atom is 0.0713 e. The molecule has 1 heterocycles. The van der Waals surface area contributed by atoms with Gasteiger partial charge in [-0.25, -0.2) is 0 Å². The first kappa shape index (κ1) is 42.3. The number of benzene rings is 11. The highest BCUT2D eigenvalue weighted by Gasteiger charge is 2.46. The molecule has 0 spiro atoms. The molecule has 2 heteroatoms. The Labute approximate surface area is 425 Å². The summed E-state index contributed by atoms with van der Waals surface area (Å²) in [5, 5.41) is 2.57. The lowest BCUT2D eigenvalue weighted by molar-refractivity contribution is 0.660. The molecule has 0 bridgehead atoms. The molecular weight excluding hydrogens is 887 g/mol. The van der Waals surface area contributed by atoms with Crippen molar-refractivity contribution < 1.29 is 0 Å². The zero-order valence-electron chi connectivity index (χ0n) is 40.2. The molecule has 72 heavy (non-hydrogen) atoms. The summed E-state index contributed by atoms with van der Waals surface area (Å²) < 4.78 is 2.60. The molecule has 0 atom stereocenters. The average Bonchev–Trinajstić information content (AvgIpc) is 4.06. The Morgan fingerprint density at radius 3 is 1.39 bits per heavy atom. The van der Waals surface area contributed by atoms with Crippen LogP contribution in [-0.4, -0.2) is 0 Å². The molecule has 340 valence electrons. The SMILES string of the molecule is CC1(C)c2ccccc2-c2ccc(N(c3ccc(-c4ccccc4)cc3)c3cccc(-c4cccc5c4sc4c(-c6ccc(C7(c8ccccc8)c8ccccc8-c8ccccc87)cc6)cccc45)c3)cc21. The summed E-state index contributed by atoms with van der Waals surface area (Å²) in [6.45, 7) is 4.73. The molecule has 2 aliphatic carbocycles. The van der Waals surface area contributed by atoms with Gasteiger partial charge >= 0.3 is 0 Å². The van der Waals surface area contributed by atoms with E-state index in [1.807, 2.05) is 11.3 Å². The van der Waals surface area contributed by atoms with Gasteiger partial charge in [0.2, 0.25) is 0 Å². The molecular formula is C70H49NS. The van der Waals surface area contributed by atoms with Gasteiger partial charge in [0.25, 0.3) is 0 Å². The summed E-state index contributed by atoms with van der Waals surface area (Å²) in [4.78, 5) is 2.44. The largest absolute Gasteiger partial charge is 0.310 e. The van der Waals surface area contributed by atoms with Crippen LogP contribution < -0.4 is 4.90 Å². The van der Waals surface area contributed by atoms with Crippen LogP contribution >= 0.6 is 11.3 Å². The van der Waals surface area contributed by atoms with Gasteiger partial charge in [-0.15, -0.1) is 11.3 Å². The summed E-state index contributed by atoms with van der Waals surface area (Å²) in [7, 11) is 0. The predicted octanol–water partition coefficient (Wildman–Crippen LogP) is 19.2. The van der Waals surface area contributed by atoms with Crippen LogP contribution in [0.3, 0.4) is 0 Å². The summed E-state index contributed by atoms with van der Waals surface area (Å²) in [5.41, 5.74) is 23.4. The number of hydrogen-bond acceptors (Lipinski definition) is 2. The first-order valence-corrected chi connectivity index (χ1v) is 25.9. The fraction of sp³-hybridized carbons (Fsp3) is 0.0571. The number of thiophene rings is 1. The summed E-state index contributed by atoms with van der Waals surface area (Å²) in [6.07, 6.45) is 0. The zero-order chi connectivity index (χ0) is 48.0. The Morgan fingerprint density at radius 1 is 0.292 bits per heavy atom. The minimum atomic E-state index is -0.426. The van der Waals surface area contributed by atoms with Crippen LogP contribution in [0.5, 0.6) is 0 Å². The second-order valence-electron chi connectivity index (χ2n) is 20.0. The fourth-order valence-electron chi connectivity index (χ4n) is 12.4. The number of nitrogens with zero attached hydrogens (tertiary/aromatic N) is 1. The Bertz CT molecular complexity index is 4000. The first-order chi connectivity index (χ1) is 35.5. The van der Waals surface area contributed by atoms with E-state index in [0.717, 1.165) is 17.1 Å². The van der Waals surface area contributed by atoms with Crippen molar-refractivity contribution in [2.45, 2.75) is 24.7 Å². The van der Waals surface area contributed by atoms with E-state index in [1.165, 1.54) is 109 Å². The normalized spacial score (nSPS) is 13.6. The van der Waals surface area contributed by atoms with E-state index in [0.29, 0.717) is 0 Å². The number of rotatable bonds is 8. The van der Waals surface area contributed by atoms with Crippen LogP contribution in [0.4, 0.5) is 17.1 Å². The fourth-order valence-corrected chi connectivity index (χ4v) is 13.8. The van der Waals surface area contributed by atoms with Crippen molar-refractivity contribution in [2.75, 3.05) is 4.90 Å². The lowest BCUT2D eigenvalue weighted by Gasteiger charge is -2.34. The van der Waals surface area contributed by atoms with Crippen molar-refractivity contribution in [1.82, 2.24) is 0 Å². The van der Waals surface area contributed by atoms with Gasteiger partial charge in [0, 0.05) is 42.6 Å². The van der Waals surface area contributed by atoms with E-state index >= 15 is 0 Å². The zero-order valence-corrected chi connectivity index (χ0v) is 41.0. The maximum absolute atomic E-state index is 2.44. The quantitative estimate of drug-likeness (QED) is 0.147. The Kier molecular flexibility index (Phi) is 9.71. The molecule has 0 aliphatic heterocycles. The molecule has 0 saturated heterocycles. The van der Waals surface area contributed by atoms with Crippen molar-refractivity contribution in [3.63, 3.8) is 0 Å². The maximum atomic E-state index is 2.44. The molecule has 14 rings (SSSR count). The monoisotopic (exact) mass is 935 g/mol. The second kappa shape index (κ2) is 16.5. The highest BCUT2D eigenvalue weighted by Crippen LogP contribution is 2.57. The Morgan fingerprint density at radius 2 is 0.736 bits per heavy atom. The summed E-state index contributed by atoms with van der Waals surface area (Å²) in [5.74, 6) is 0. The van der Waals surface area contributed by atoms with Crippen LogP contribution in [0.15, 0.2) is 261 Å². The van der Waals surface area contributed by atoms with Gasteiger partial charge in [-0.2, -0.15) is 0 Å². The van der Waals surface area contributed by atoms with E-state index in [2.05, 4.69) is 280 Å². The third-order valence-electron chi connectivity index (χ3n) is 15.8. The minimum absolute atomic E-state index is 0.122.